The lowest BCUT2D eigenvalue weighted by Gasteiger charge is -2.04. The number of hydrogen-bond acceptors (Lipinski definition) is 7. The molecule has 0 fully saturated rings. The van der Waals surface area contributed by atoms with Crippen molar-refractivity contribution in [3.63, 3.8) is 0 Å². The molecule has 0 saturated carbocycles. The summed E-state index contributed by atoms with van der Waals surface area (Å²) in [5.74, 6) is -0.813. The highest BCUT2D eigenvalue weighted by Gasteiger charge is 2.25. The first-order chi connectivity index (χ1) is 12.5. The number of carbonyl (C=O) groups excluding carboxylic acids is 2. The Morgan fingerprint density at radius 1 is 1.42 bits per heavy atom. The maximum absolute atomic E-state index is 12.3. The molecule has 0 bridgehead atoms. The first-order valence-electron chi connectivity index (χ1n) is 7.29. The first-order valence-corrected chi connectivity index (χ1v) is 7.29. The quantitative estimate of drug-likeness (QED) is 0.433. The van der Waals surface area contributed by atoms with E-state index in [1.807, 2.05) is 0 Å². The van der Waals surface area contributed by atoms with Gasteiger partial charge in [-0.05, 0) is 12.1 Å². The summed E-state index contributed by atoms with van der Waals surface area (Å²) in [5, 5.41) is 25.7. The first kappa shape index (κ1) is 16.9. The monoisotopic (exact) mass is 359 g/mol. The summed E-state index contributed by atoms with van der Waals surface area (Å²) in [6.07, 6.45) is 3.81. The fraction of sp³-hybridized carbons (Fsp3) is 0.143. The number of rotatable bonds is 6. The number of furan rings is 1. The maximum Gasteiger partial charge on any atom is 0.319 e. The lowest BCUT2D eigenvalue weighted by molar-refractivity contribution is -0.385. The third kappa shape index (κ3) is 3.43. The predicted octanol–water partition coefficient (Wildman–Crippen LogP) is 0.827. The van der Waals surface area contributed by atoms with Crippen molar-refractivity contribution in [1.29, 1.82) is 0 Å². The van der Waals surface area contributed by atoms with Crippen LogP contribution in [0.3, 0.4) is 0 Å². The van der Waals surface area contributed by atoms with Gasteiger partial charge in [0.15, 0.2) is 5.69 Å². The van der Waals surface area contributed by atoms with Crippen LogP contribution in [0, 0.1) is 10.1 Å². The Morgan fingerprint density at radius 3 is 2.92 bits per heavy atom. The largest absolute Gasteiger partial charge is 0.467 e. The standard InChI is InChI=1S/C14H13N7O5/c1-20-7-9(17-14(23)12-10(21(24)25)6-16-18-12)11(19-20)13(22)15-5-8-3-2-4-26-8/h2-4,6-7H,5H2,1H3,(H,15,22)(H,16,18)(H,17,23). The highest BCUT2D eigenvalue weighted by molar-refractivity contribution is 6.08. The lowest BCUT2D eigenvalue weighted by Crippen LogP contribution is -2.25. The van der Waals surface area contributed by atoms with Crippen LogP contribution >= 0.6 is 0 Å². The molecule has 3 aromatic heterocycles. The second kappa shape index (κ2) is 6.88. The molecule has 12 heteroatoms. The summed E-state index contributed by atoms with van der Waals surface area (Å²) in [4.78, 5) is 34.7. The molecule has 0 atom stereocenters. The fourth-order valence-electron chi connectivity index (χ4n) is 2.18. The normalized spacial score (nSPS) is 10.5. The summed E-state index contributed by atoms with van der Waals surface area (Å²) in [6, 6.07) is 3.38. The fourth-order valence-corrected chi connectivity index (χ4v) is 2.18. The Balaban J connectivity index is 1.76. The van der Waals surface area contributed by atoms with Gasteiger partial charge in [-0.25, -0.2) is 0 Å². The molecule has 3 rings (SSSR count). The molecule has 3 heterocycles. The van der Waals surface area contributed by atoms with Crippen LogP contribution in [0.4, 0.5) is 11.4 Å². The second-order valence-electron chi connectivity index (χ2n) is 5.17. The lowest BCUT2D eigenvalue weighted by atomic mass is 10.3. The molecule has 0 spiro atoms. The summed E-state index contributed by atoms with van der Waals surface area (Å²) in [6.45, 7) is 0.141. The number of nitrogens with one attached hydrogen (secondary N) is 3. The van der Waals surface area contributed by atoms with Crippen molar-refractivity contribution in [2.75, 3.05) is 5.32 Å². The van der Waals surface area contributed by atoms with Crippen molar-refractivity contribution >= 4 is 23.2 Å². The number of nitro groups is 1. The minimum atomic E-state index is -0.817. The summed E-state index contributed by atoms with van der Waals surface area (Å²) < 4.78 is 6.45. The number of carbonyl (C=O) groups is 2. The number of anilines is 1. The van der Waals surface area contributed by atoms with Gasteiger partial charge in [0.1, 0.15) is 12.0 Å². The topological polar surface area (TPSA) is 161 Å². The average molecular weight is 359 g/mol. The van der Waals surface area contributed by atoms with E-state index in [1.54, 1.807) is 19.2 Å². The molecule has 12 nitrogen and oxygen atoms in total. The Kier molecular flexibility index (Phi) is 4.47. The maximum atomic E-state index is 12.3. The number of H-pyrrole nitrogens is 1. The Morgan fingerprint density at radius 2 is 2.23 bits per heavy atom. The molecule has 3 aromatic rings. The van der Waals surface area contributed by atoms with E-state index in [9.17, 15) is 19.7 Å². The minimum absolute atomic E-state index is 0.0467. The molecule has 2 amide bonds. The molecule has 0 aromatic carbocycles. The molecule has 0 saturated heterocycles. The van der Waals surface area contributed by atoms with E-state index in [0.29, 0.717) is 5.76 Å². The number of aromatic nitrogens is 4. The van der Waals surface area contributed by atoms with Crippen LogP contribution in [0.1, 0.15) is 26.7 Å². The van der Waals surface area contributed by atoms with E-state index in [1.165, 1.54) is 17.1 Å². The van der Waals surface area contributed by atoms with Crippen molar-refractivity contribution in [2.24, 2.45) is 7.05 Å². The van der Waals surface area contributed by atoms with E-state index >= 15 is 0 Å². The molecule has 0 aliphatic heterocycles. The van der Waals surface area contributed by atoms with Gasteiger partial charge in [-0.2, -0.15) is 10.2 Å². The van der Waals surface area contributed by atoms with Crippen molar-refractivity contribution in [2.45, 2.75) is 6.54 Å². The zero-order valence-electron chi connectivity index (χ0n) is 13.4. The Bertz CT molecular complexity index is 956. The van der Waals surface area contributed by atoms with E-state index in [0.717, 1.165) is 6.20 Å². The highest BCUT2D eigenvalue weighted by Crippen LogP contribution is 2.19. The van der Waals surface area contributed by atoms with Crippen molar-refractivity contribution in [3.05, 3.63) is 58.1 Å². The van der Waals surface area contributed by atoms with Crippen LogP contribution in [0.2, 0.25) is 0 Å². The Hall–Kier alpha value is -3.96. The van der Waals surface area contributed by atoms with Crippen molar-refractivity contribution < 1.29 is 18.9 Å². The summed E-state index contributed by atoms with van der Waals surface area (Å²) in [5.41, 5.74) is -0.760. The van der Waals surface area contributed by atoms with E-state index < -0.39 is 22.4 Å². The molecule has 0 radical (unpaired) electrons. The van der Waals surface area contributed by atoms with Gasteiger partial charge in [-0.15, -0.1) is 0 Å². The summed E-state index contributed by atoms with van der Waals surface area (Å²) >= 11 is 0. The Labute approximate surface area is 145 Å². The number of amides is 2. The highest BCUT2D eigenvalue weighted by atomic mass is 16.6. The molecule has 0 aliphatic carbocycles. The average Bonchev–Trinajstić information content (AvgIpc) is 3.33. The third-order valence-electron chi connectivity index (χ3n) is 3.34. The molecule has 134 valence electrons. The van der Waals surface area contributed by atoms with Crippen LogP contribution in [0.5, 0.6) is 0 Å². The van der Waals surface area contributed by atoms with Gasteiger partial charge >= 0.3 is 5.69 Å². The van der Waals surface area contributed by atoms with Gasteiger partial charge in [0.2, 0.25) is 5.69 Å². The van der Waals surface area contributed by atoms with E-state index in [2.05, 4.69) is 25.9 Å². The molecular formula is C14H13N7O5. The molecule has 0 aliphatic rings. The number of aryl methyl sites for hydroxylation is 1. The van der Waals surface area contributed by atoms with Crippen LogP contribution in [0.15, 0.2) is 35.2 Å². The van der Waals surface area contributed by atoms with Crippen molar-refractivity contribution in [3.8, 4) is 0 Å². The van der Waals surface area contributed by atoms with Gasteiger partial charge in [0.25, 0.3) is 11.8 Å². The van der Waals surface area contributed by atoms with Crippen LogP contribution < -0.4 is 10.6 Å². The minimum Gasteiger partial charge on any atom is -0.467 e. The zero-order valence-corrected chi connectivity index (χ0v) is 13.4. The van der Waals surface area contributed by atoms with Crippen LogP contribution in [-0.2, 0) is 13.6 Å². The smallest absolute Gasteiger partial charge is 0.319 e. The molecule has 26 heavy (non-hydrogen) atoms. The second-order valence-corrected chi connectivity index (χ2v) is 5.17. The van der Waals surface area contributed by atoms with E-state index in [4.69, 9.17) is 4.42 Å². The van der Waals surface area contributed by atoms with Gasteiger partial charge in [0, 0.05) is 13.2 Å². The predicted molar refractivity (Wildman–Crippen MR) is 86.3 cm³/mol. The number of aromatic amines is 1. The van der Waals surface area contributed by atoms with Crippen LogP contribution in [0.25, 0.3) is 0 Å². The van der Waals surface area contributed by atoms with Crippen LogP contribution in [-0.4, -0.2) is 36.7 Å². The zero-order chi connectivity index (χ0) is 18.7. The van der Waals surface area contributed by atoms with Gasteiger partial charge in [0.05, 0.1) is 23.4 Å². The molecule has 3 N–H and O–H groups in total. The van der Waals surface area contributed by atoms with Crippen molar-refractivity contribution in [1.82, 2.24) is 25.3 Å². The van der Waals surface area contributed by atoms with Gasteiger partial charge in [-0.1, -0.05) is 0 Å². The van der Waals surface area contributed by atoms with Gasteiger partial charge in [-0.3, -0.25) is 29.5 Å². The van der Waals surface area contributed by atoms with Gasteiger partial charge < -0.3 is 15.1 Å². The molecular weight excluding hydrogens is 346 g/mol. The summed E-state index contributed by atoms with van der Waals surface area (Å²) in [7, 11) is 1.57. The van der Waals surface area contributed by atoms with E-state index in [-0.39, 0.29) is 23.6 Å². The SMILES string of the molecule is Cn1cc(NC(=O)c2[nH]ncc2[N+](=O)[O-])c(C(=O)NCc2ccco2)n1. The number of nitrogens with zero attached hydrogens (tertiary/aromatic N) is 4. The number of hydrogen-bond donors (Lipinski definition) is 3. The molecule has 0 unspecified atom stereocenters. The third-order valence-corrected chi connectivity index (χ3v) is 3.34.